The van der Waals surface area contributed by atoms with Crippen LogP contribution in [0, 0.1) is 0 Å². The Morgan fingerprint density at radius 2 is 2.25 bits per heavy atom. The predicted molar refractivity (Wildman–Crippen MR) is 62.6 cm³/mol. The van der Waals surface area contributed by atoms with Crippen molar-refractivity contribution in [3.8, 4) is 5.88 Å². The lowest BCUT2D eigenvalue weighted by atomic mass is 10.4. The first-order valence-electron chi connectivity index (χ1n) is 5.22. The zero-order valence-electron chi connectivity index (χ0n) is 9.86. The molecule has 1 unspecified atom stereocenters. The van der Waals surface area contributed by atoms with E-state index < -0.39 is 0 Å². The summed E-state index contributed by atoms with van der Waals surface area (Å²) in [5.41, 5.74) is 5.54. The van der Waals surface area contributed by atoms with E-state index in [0.717, 1.165) is 0 Å². The van der Waals surface area contributed by atoms with Gasteiger partial charge in [0.25, 0.3) is 0 Å². The molecule has 1 atom stereocenters. The number of anilines is 2. The summed E-state index contributed by atoms with van der Waals surface area (Å²) in [5, 5.41) is 2.88. The molecular weight excluding hydrogens is 208 g/mol. The quantitative estimate of drug-likeness (QED) is 0.750. The molecule has 6 nitrogen and oxygen atoms in total. The number of nitrogens with one attached hydrogen (secondary N) is 1. The molecule has 3 N–H and O–H groups in total. The van der Waals surface area contributed by atoms with Crippen molar-refractivity contribution < 1.29 is 9.47 Å². The number of hydrogen-bond donors (Lipinski definition) is 2. The van der Waals surface area contributed by atoms with Crippen LogP contribution in [0.1, 0.15) is 13.8 Å². The van der Waals surface area contributed by atoms with Gasteiger partial charge in [-0.05, 0) is 13.8 Å². The van der Waals surface area contributed by atoms with E-state index in [1.54, 1.807) is 13.1 Å². The van der Waals surface area contributed by atoms with E-state index >= 15 is 0 Å². The smallest absolute Gasteiger partial charge is 0.225 e. The number of nitrogens with zero attached hydrogens (tertiary/aromatic N) is 2. The fourth-order valence-electron chi connectivity index (χ4n) is 1.16. The topological polar surface area (TPSA) is 82.3 Å². The van der Waals surface area contributed by atoms with Crippen molar-refractivity contribution in [2.45, 2.75) is 20.0 Å². The van der Waals surface area contributed by atoms with Gasteiger partial charge in [0.05, 0.1) is 6.61 Å². The average Bonchev–Trinajstić information content (AvgIpc) is 2.25. The Morgan fingerprint density at radius 3 is 2.88 bits per heavy atom. The molecule has 0 fully saturated rings. The van der Waals surface area contributed by atoms with E-state index in [9.17, 15) is 0 Å². The van der Waals surface area contributed by atoms with Crippen molar-refractivity contribution >= 4 is 11.8 Å². The highest BCUT2D eigenvalue weighted by Gasteiger charge is 2.07. The molecule has 90 valence electrons. The highest BCUT2D eigenvalue weighted by atomic mass is 16.5. The molecule has 16 heavy (non-hydrogen) atoms. The Hall–Kier alpha value is -1.56. The molecule has 0 aliphatic carbocycles. The van der Waals surface area contributed by atoms with Gasteiger partial charge in [-0.15, -0.1) is 0 Å². The monoisotopic (exact) mass is 226 g/mol. The van der Waals surface area contributed by atoms with Gasteiger partial charge in [0.15, 0.2) is 0 Å². The molecule has 0 amide bonds. The maximum atomic E-state index is 5.54. The Morgan fingerprint density at radius 1 is 1.50 bits per heavy atom. The van der Waals surface area contributed by atoms with Crippen LogP contribution in [0.4, 0.5) is 11.8 Å². The first-order chi connectivity index (χ1) is 7.65. The van der Waals surface area contributed by atoms with Crippen LogP contribution >= 0.6 is 0 Å². The van der Waals surface area contributed by atoms with Crippen LogP contribution < -0.4 is 15.8 Å². The van der Waals surface area contributed by atoms with Crippen molar-refractivity contribution in [2.75, 3.05) is 31.3 Å². The molecule has 6 heteroatoms. The summed E-state index contributed by atoms with van der Waals surface area (Å²) < 4.78 is 10.8. The van der Waals surface area contributed by atoms with Crippen LogP contribution in [0.15, 0.2) is 6.07 Å². The van der Waals surface area contributed by atoms with Gasteiger partial charge in [0.2, 0.25) is 11.8 Å². The van der Waals surface area contributed by atoms with E-state index in [2.05, 4.69) is 15.3 Å². The molecule has 0 radical (unpaired) electrons. The number of nitrogen functional groups attached to an aromatic ring is 1. The minimum absolute atomic E-state index is 0.0704. The molecular formula is C10H18N4O2. The predicted octanol–water partition coefficient (Wildman–Crippen LogP) is 0.904. The maximum absolute atomic E-state index is 5.54. The van der Waals surface area contributed by atoms with E-state index in [0.29, 0.717) is 24.9 Å². The fourth-order valence-corrected chi connectivity index (χ4v) is 1.16. The first kappa shape index (κ1) is 12.5. The summed E-state index contributed by atoms with van der Waals surface area (Å²) in [7, 11) is 1.76. The molecule has 0 aliphatic rings. The highest BCUT2D eigenvalue weighted by Crippen LogP contribution is 2.15. The second-order valence-corrected chi connectivity index (χ2v) is 3.29. The van der Waals surface area contributed by atoms with Gasteiger partial charge in [-0.2, -0.15) is 9.97 Å². The molecule has 0 bridgehead atoms. The average molecular weight is 226 g/mol. The summed E-state index contributed by atoms with van der Waals surface area (Å²) in [6, 6.07) is 1.69. The van der Waals surface area contributed by atoms with E-state index in [-0.39, 0.29) is 12.1 Å². The normalized spacial score (nSPS) is 12.2. The number of rotatable bonds is 6. The van der Waals surface area contributed by atoms with E-state index in [1.807, 2.05) is 13.8 Å². The molecule has 1 rings (SSSR count). The van der Waals surface area contributed by atoms with Crippen LogP contribution in [0.25, 0.3) is 0 Å². The van der Waals surface area contributed by atoms with Gasteiger partial charge in [0.1, 0.15) is 11.9 Å². The third kappa shape index (κ3) is 3.90. The SMILES string of the molecule is CCOCC(C)Oc1cc(NC)nc(N)n1. The van der Waals surface area contributed by atoms with Crippen LogP contribution in [0.5, 0.6) is 5.88 Å². The number of aromatic nitrogens is 2. The lowest BCUT2D eigenvalue weighted by Crippen LogP contribution is -2.20. The van der Waals surface area contributed by atoms with E-state index in [4.69, 9.17) is 15.2 Å². The van der Waals surface area contributed by atoms with Gasteiger partial charge in [-0.3, -0.25) is 0 Å². The summed E-state index contributed by atoms with van der Waals surface area (Å²) in [6.45, 7) is 5.04. The molecule has 0 saturated heterocycles. The summed E-state index contributed by atoms with van der Waals surface area (Å²) >= 11 is 0. The molecule has 0 saturated carbocycles. The molecule has 1 heterocycles. The summed E-state index contributed by atoms with van der Waals surface area (Å²) in [5.74, 6) is 1.26. The van der Waals surface area contributed by atoms with Crippen LogP contribution in [-0.4, -0.2) is 36.3 Å². The fraction of sp³-hybridized carbons (Fsp3) is 0.600. The minimum atomic E-state index is -0.0704. The van der Waals surface area contributed by atoms with Crippen LogP contribution in [0.3, 0.4) is 0 Å². The second kappa shape index (κ2) is 6.12. The lowest BCUT2D eigenvalue weighted by Gasteiger charge is -2.14. The van der Waals surface area contributed by atoms with Gasteiger partial charge >= 0.3 is 0 Å². The molecule has 0 aliphatic heterocycles. The minimum Gasteiger partial charge on any atom is -0.472 e. The number of ether oxygens (including phenoxy) is 2. The van der Waals surface area contributed by atoms with Gasteiger partial charge in [0, 0.05) is 19.7 Å². The van der Waals surface area contributed by atoms with Crippen molar-refractivity contribution in [3.63, 3.8) is 0 Å². The third-order valence-electron chi connectivity index (χ3n) is 1.85. The zero-order valence-corrected chi connectivity index (χ0v) is 9.86. The molecule has 0 spiro atoms. The second-order valence-electron chi connectivity index (χ2n) is 3.29. The summed E-state index contributed by atoms with van der Waals surface area (Å²) in [4.78, 5) is 7.94. The largest absolute Gasteiger partial charge is 0.472 e. The van der Waals surface area contributed by atoms with Crippen molar-refractivity contribution in [1.82, 2.24) is 9.97 Å². The van der Waals surface area contributed by atoms with Crippen molar-refractivity contribution in [1.29, 1.82) is 0 Å². The van der Waals surface area contributed by atoms with Crippen LogP contribution in [-0.2, 0) is 4.74 Å². The van der Waals surface area contributed by atoms with Gasteiger partial charge in [-0.1, -0.05) is 0 Å². The standard InChI is InChI=1S/C10H18N4O2/c1-4-15-6-7(2)16-9-5-8(12-3)13-10(11)14-9/h5,7H,4,6H2,1-3H3,(H3,11,12,13,14). The van der Waals surface area contributed by atoms with Gasteiger partial charge < -0.3 is 20.5 Å². The molecule has 0 aromatic carbocycles. The highest BCUT2D eigenvalue weighted by molar-refractivity contribution is 5.42. The van der Waals surface area contributed by atoms with Crippen molar-refractivity contribution in [3.05, 3.63) is 6.07 Å². The maximum Gasteiger partial charge on any atom is 0.225 e. The van der Waals surface area contributed by atoms with Crippen molar-refractivity contribution in [2.24, 2.45) is 0 Å². The Bertz CT molecular complexity index is 333. The Balaban J connectivity index is 2.61. The first-order valence-corrected chi connectivity index (χ1v) is 5.22. The van der Waals surface area contributed by atoms with Gasteiger partial charge in [-0.25, -0.2) is 0 Å². The molecule has 1 aromatic rings. The third-order valence-corrected chi connectivity index (χ3v) is 1.85. The zero-order chi connectivity index (χ0) is 12.0. The lowest BCUT2D eigenvalue weighted by molar-refractivity contribution is 0.0634. The Labute approximate surface area is 95.2 Å². The molecule has 1 aromatic heterocycles. The van der Waals surface area contributed by atoms with E-state index in [1.165, 1.54) is 0 Å². The summed E-state index contributed by atoms with van der Waals surface area (Å²) in [6.07, 6.45) is -0.0704. The number of hydrogen-bond acceptors (Lipinski definition) is 6. The Kier molecular flexibility index (Phi) is 4.78. The number of nitrogens with two attached hydrogens (primary N) is 1. The van der Waals surface area contributed by atoms with Crippen LogP contribution in [0.2, 0.25) is 0 Å².